The average molecular weight is 387 g/mol. The third kappa shape index (κ3) is 5.39. The molecule has 146 valence electrons. The summed E-state index contributed by atoms with van der Waals surface area (Å²) < 4.78 is 5.07. The molecule has 29 heavy (non-hydrogen) atoms. The molecule has 3 aromatic rings. The molecular formula is C24H21NO4. The number of anilines is 1. The van der Waals surface area contributed by atoms with Gasteiger partial charge in [-0.3, -0.25) is 9.59 Å². The summed E-state index contributed by atoms with van der Waals surface area (Å²) in [7, 11) is 0. The van der Waals surface area contributed by atoms with Crippen molar-refractivity contribution in [3.8, 4) is 0 Å². The Bertz CT molecular complexity index is 1020. The standard InChI is InChI=1S/C24H21NO4/c1-16-12-17(2)14-21(13-16)25-22(26)15-29-24(28)20-10-8-19(9-11-20)23(27)18-6-4-3-5-7-18/h3-14H,15H2,1-2H3,(H,25,26). The Morgan fingerprint density at radius 1 is 0.759 bits per heavy atom. The lowest BCUT2D eigenvalue weighted by Crippen LogP contribution is -2.21. The third-order valence-corrected chi connectivity index (χ3v) is 4.26. The maximum atomic E-state index is 12.4. The summed E-state index contributed by atoms with van der Waals surface area (Å²) in [5.41, 5.74) is 4.04. The van der Waals surface area contributed by atoms with E-state index in [4.69, 9.17) is 4.74 Å². The summed E-state index contributed by atoms with van der Waals surface area (Å²) in [5.74, 6) is -1.17. The molecule has 0 spiro atoms. The Hall–Kier alpha value is -3.73. The monoisotopic (exact) mass is 387 g/mol. The number of amides is 1. The van der Waals surface area contributed by atoms with E-state index in [2.05, 4.69) is 5.32 Å². The summed E-state index contributed by atoms with van der Waals surface area (Å²) in [6.45, 7) is 3.49. The summed E-state index contributed by atoms with van der Waals surface area (Å²) in [6.07, 6.45) is 0. The van der Waals surface area contributed by atoms with Gasteiger partial charge >= 0.3 is 5.97 Å². The van der Waals surface area contributed by atoms with Crippen LogP contribution in [0.15, 0.2) is 72.8 Å². The Morgan fingerprint density at radius 3 is 1.93 bits per heavy atom. The zero-order valence-electron chi connectivity index (χ0n) is 16.3. The van der Waals surface area contributed by atoms with Gasteiger partial charge in [0.25, 0.3) is 5.91 Å². The van der Waals surface area contributed by atoms with Crippen LogP contribution in [0.2, 0.25) is 0 Å². The van der Waals surface area contributed by atoms with Crippen molar-refractivity contribution in [2.24, 2.45) is 0 Å². The van der Waals surface area contributed by atoms with Crippen molar-refractivity contribution in [1.29, 1.82) is 0 Å². The highest BCUT2D eigenvalue weighted by atomic mass is 16.5. The molecule has 0 aliphatic heterocycles. The molecule has 0 radical (unpaired) electrons. The lowest BCUT2D eigenvalue weighted by molar-refractivity contribution is -0.119. The number of ketones is 1. The summed E-state index contributed by atoms with van der Waals surface area (Å²) in [5, 5.41) is 2.71. The fraction of sp³-hybridized carbons (Fsp3) is 0.125. The van der Waals surface area contributed by atoms with E-state index in [1.807, 2.05) is 38.1 Å². The second-order valence-corrected chi connectivity index (χ2v) is 6.77. The van der Waals surface area contributed by atoms with E-state index < -0.39 is 18.5 Å². The molecule has 0 saturated heterocycles. The molecule has 1 amide bonds. The van der Waals surface area contributed by atoms with E-state index in [9.17, 15) is 14.4 Å². The number of esters is 1. The lowest BCUT2D eigenvalue weighted by Gasteiger charge is -2.09. The normalized spacial score (nSPS) is 10.3. The van der Waals surface area contributed by atoms with Gasteiger partial charge in [-0.1, -0.05) is 48.5 Å². The number of benzene rings is 3. The van der Waals surface area contributed by atoms with E-state index in [0.29, 0.717) is 16.8 Å². The van der Waals surface area contributed by atoms with Crippen LogP contribution in [0, 0.1) is 13.8 Å². The van der Waals surface area contributed by atoms with Crippen molar-refractivity contribution in [2.75, 3.05) is 11.9 Å². The number of carbonyl (C=O) groups is 3. The van der Waals surface area contributed by atoms with E-state index in [0.717, 1.165) is 11.1 Å². The van der Waals surface area contributed by atoms with Crippen molar-refractivity contribution in [3.63, 3.8) is 0 Å². The molecule has 0 saturated carbocycles. The fourth-order valence-corrected chi connectivity index (χ4v) is 2.97. The van der Waals surface area contributed by atoms with Gasteiger partial charge in [-0.25, -0.2) is 4.79 Å². The van der Waals surface area contributed by atoms with E-state index in [-0.39, 0.29) is 11.3 Å². The van der Waals surface area contributed by atoms with Gasteiger partial charge in [-0.2, -0.15) is 0 Å². The first-order valence-corrected chi connectivity index (χ1v) is 9.17. The summed E-state index contributed by atoms with van der Waals surface area (Å²) in [4.78, 5) is 36.6. The van der Waals surface area contributed by atoms with Crippen LogP contribution >= 0.6 is 0 Å². The van der Waals surface area contributed by atoms with Crippen molar-refractivity contribution in [3.05, 3.63) is 101 Å². The van der Waals surface area contributed by atoms with Gasteiger partial charge in [0.2, 0.25) is 0 Å². The molecule has 0 unspecified atom stereocenters. The van der Waals surface area contributed by atoms with E-state index in [1.54, 1.807) is 36.4 Å². The minimum Gasteiger partial charge on any atom is -0.452 e. The maximum Gasteiger partial charge on any atom is 0.338 e. The largest absolute Gasteiger partial charge is 0.452 e. The molecule has 5 heteroatoms. The Kier molecular flexibility index (Phi) is 6.19. The predicted molar refractivity (Wildman–Crippen MR) is 111 cm³/mol. The molecule has 5 nitrogen and oxygen atoms in total. The number of rotatable bonds is 6. The molecule has 0 aliphatic rings. The van der Waals surface area contributed by atoms with Gasteiger partial charge in [-0.05, 0) is 49.2 Å². The van der Waals surface area contributed by atoms with Gasteiger partial charge in [0, 0.05) is 16.8 Å². The van der Waals surface area contributed by atoms with Crippen LogP contribution in [-0.4, -0.2) is 24.3 Å². The molecule has 0 aromatic heterocycles. The first-order valence-electron chi connectivity index (χ1n) is 9.17. The first-order chi connectivity index (χ1) is 13.9. The summed E-state index contributed by atoms with van der Waals surface area (Å²) >= 11 is 0. The minimum atomic E-state index is -0.626. The molecule has 0 bridgehead atoms. The van der Waals surface area contributed by atoms with Gasteiger partial charge in [0.05, 0.1) is 5.56 Å². The smallest absolute Gasteiger partial charge is 0.338 e. The van der Waals surface area contributed by atoms with Crippen LogP contribution in [0.1, 0.15) is 37.4 Å². The van der Waals surface area contributed by atoms with Crippen LogP contribution in [-0.2, 0) is 9.53 Å². The maximum absolute atomic E-state index is 12.4. The molecule has 0 heterocycles. The van der Waals surface area contributed by atoms with Crippen molar-refractivity contribution < 1.29 is 19.1 Å². The SMILES string of the molecule is Cc1cc(C)cc(NC(=O)COC(=O)c2ccc(C(=O)c3ccccc3)cc2)c1. The highest BCUT2D eigenvalue weighted by Gasteiger charge is 2.13. The van der Waals surface area contributed by atoms with Crippen molar-refractivity contribution in [1.82, 2.24) is 0 Å². The molecule has 1 N–H and O–H groups in total. The third-order valence-electron chi connectivity index (χ3n) is 4.26. The quantitative estimate of drug-likeness (QED) is 0.505. The predicted octanol–water partition coefficient (Wildman–Crippen LogP) is 4.33. The minimum absolute atomic E-state index is 0.127. The molecule has 0 fully saturated rings. The summed E-state index contributed by atoms with van der Waals surface area (Å²) in [6, 6.07) is 20.8. The second kappa shape index (κ2) is 8.97. The van der Waals surface area contributed by atoms with Gasteiger partial charge < -0.3 is 10.1 Å². The zero-order valence-corrected chi connectivity index (χ0v) is 16.3. The van der Waals surface area contributed by atoms with Crippen LogP contribution in [0.3, 0.4) is 0 Å². The molecular weight excluding hydrogens is 366 g/mol. The van der Waals surface area contributed by atoms with Crippen LogP contribution in [0.5, 0.6) is 0 Å². The highest BCUT2D eigenvalue weighted by molar-refractivity contribution is 6.09. The fourth-order valence-electron chi connectivity index (χ4n) is 2.97. The highest BCUT2D eigenvalue weighted by Crippen LogP contribution is 2.14. The number of carbonyl (C=O) groups excluding carboxylic acids is 3. The number of hydrogen-bond acceptors (Lipinski definition) is 4. The van der Waals surface area contributed by atoms with E-state index >= 15 is 0 Å². The van der Waals surface area contributed by atoms with Gasteiger partial charge in [0.1, 0.15) is 0 Å². The molecule has 3 rings (SSSR count). The number of nitrogens with one attached hydrogen (secondary N) is 1. The number of ether oxygens (including phenoxy) is 1. The van der Waals surface area contributed by atoms with Gasteiger partial charge in [0.15, 0.2) is 12.4 Å². The Morgan fingerprint density at radius 2 is 1.31 bits per heavy atom. The zero-order chi connectivity index (χ0) is 20.8. The van der Waals surface area contributed by atoms with Crippen molar-refractivity contribution >= 4 is 23.3 Å². The topological polar surface area (TPSA) is 72.5 Å². The van der Waals surface area contributed by atoms with Crippen LogP contribution in [0.4, 0.5) is 5.69 Å². The van der Waals surface area contributed by atoms with E-state index in [1.165, 1.54) is 12.1 Å². The molecule has 0 atom stereocenters. The number of aryl methyl sites for hydroxylation is 2. The molecule has 0 aliphatic carbocycles. The first kappa shape index (κ1) is 20.0. The van der Waals surface area contributed by atoms with Gasteiger partial charge in [-0.15, -0.1) is 0 Å². The van der Waals surface area contributed by atoms with Crippen LogP contribution in [0.25, 0.3) is 0 Å². The lowest BCUT2D eigenvalue weighted by atomic mass is 10.0. The second-order valence-electron chi connectivity index (χ2n) is 6.77. The number of hydrogen-bond donors (Lipinski definition) is 1. The average Bonchev–Trinajstić information content (AvgIpc) is 2.71. The molecule has 3 aromatic carbocycles. The van der Waals surface area contributed by atoms with Crippen molar-refractivity contribution in [2.45, 2.75) is 13.8 Å². The Balaban J connectivity index is 1.56. The Labute approximate surface area is 169 Å². The van der Waals surface area contributed by atoms with Crippen LogP contribution < -0.4 is 5.32 Å².